The summed E-state index contributed by atoms with van der Waals surface area (Å²) in [5.74, 6) is 2.24. The van der Waals surface area contributed by atoms with Crippen LogP contribution in [0.2, 0.25) is 0 Å². The van der Waals surface area contributed by atoms with Crippen LogP contribution in [0.25, 0.3) is 6.08 Å². The second-order valence-electron chi connectivity index (χ2n) is 5.42. The van der Waals surface area contributed by atoms with Crippen LogP contribution in [-0.2, 0) is 4.79 Å². The van der Waals surface area contributed by atoms with Gasteiger partial charge in [-0.1, -0.05) is 19.1 Å². The van der Waals surface area contributed by atoms with E-state index in [4.69, 9.17) is 9.47 Å². The van der Waals surface area contributed by atoms with Crippen molar-refractivity contribution in [1.82, 2.24) is 5.32 Å². The van der Waals surface area contributed by atoms with Crippen molar-refractivity contribution in [2.75, 3.05) is 19.9 Å². The molecule has 1 aromatic carbocycles. The topological polar surface area (TPSA) is 47.6 Å². The summed E-state index contributed by atoms with van der Waals surface area (Å²) in [6.07, 6.45) is 4.60. The highest BCUT2D eigenvalue weighted by atomic mass is 16.7. The number of benzene rings is 1. The van der Waals surface area contributed by atoms with Crippen LogP contribution in [0.5, 0.6) is 11.5 Å². The Morgan fingerprint density at radius 3 is 3.05 bits per heavy atom. The van der Waals surface area contributed by atoms with E-state index in [2.05, 4.69) is 12.2 Å². The third-order valence-electron chi connectivity index (χ3n) is 4.03. The Hall–Kier alpha value is -1.81. The van der Waals surface area contributed by atoms with Gasteiger partial charge in [0.1, 0.15) is 0 Å². The monoisotopic (exact) mass is 273 g/mol. The quantitative estimate of drug-likeness (QED) is 0.858. The van der Waals surface area contributed by atoms with Crippen molar-refractivity contribution in [3.63, 3.8) is 0 Å². The van der Waals surface area contributed by atoms with Crippen LogP contribution < -0.4 is 14.8 Å². The molecule has 0 aliphatic carbocycles. The molecule has 3 rings (SSSR count). The molecule has 1 aromatic rings. The van der Waals surface area contributed by atoms with Crippen molar-refractivity contribution in [2.24, 2.45) is 11.8 Å². The van der Waals surface area contributed by atoms with E-state index in [0.717, 1.165) is 36.6 Å². The highest BCUT2D eigenvalue weighted by Gasteiger charge is 2.25. The highest BCUT2D eigenvalue weighted by Crippen LogP contribution is 2.32. The summed E-state index contributed by atoms with van der Waals surface area (Å²) in [7, 11) is 0. The Kier molecular flexibility index (Phi) is 3.74. The molecular formula is C16H19NO3. The Balaban J connectivity index is 1.68. The molecule has 2 aliphatic rings. The Labute approximate surface area is 118 Å². The van der Waals surface area contributed by atoms with E-state index in [1.807, 2.05) is 24.3 Å². The zero-order chi connectivity index (χ0) is 13.9. The number of hydrogen-bond donors (Lipinski definition) is 1. The van der Waals surface area contributed by atoms with Gasteiger partial charge >= 0.3 is 0 Å². The fourth-order valence-electron chi connectivity index (χ4n) is 2.69. The van der Waals surface area contributed by atoms with Gasteiger partial charge in [0.05, 0.1) is 0 Å². The molecule has 1 fully saturated rings. The lowest BCUT2D eigenvalue weighted by Gasteiger charge is -2.27. The minimum absolute atomic E-state index is 0.0917. The van der Waals surface area contributed by atoms with Gasteiger partial charge in [-0.15, -0.1) is 0 Å². The van der Waals surface area contributed by atoms with Gasteiger partial charge in [0, 0.05) is 12.5 Å². The van der Waals surface area contributed by atoms with Crippen LogP contribution in [0.1, 0.15) is 18.9 Å². The first-order valence-electron chi connectivity index (χ1n) is 7.06. The summed E-state index contributed by atoms with van der Waals surface area (Å²) in [6, 6.07) is 5.70. The summed E-state index contributed by atoms with van der Waals surface area (Å²) >= 11 is 0. The minimum atomic E-state index is 0.0917. The van der Waals surface area contributed by atoms with Crippen LogP contribution in [0.3, 0.4) is 0 Å². The van der Waals surface area contributed by atoms with Crippen LogP contribution in [0.15, 0.2) is 24.3 Å². The molecule has 4 heteroatoms. The number of carbonyl (C=O) groups excluding carboxylic acids is 1. The van der Waals surface area contributed by atoms with Crippen LogP contribution >= 0.6 is 0 Å². The molecule has 0 spiro atoms. The molecule has 0 saturated carbocycles. The smallest absolute Gasteiger partial charge is 0.231 e. The van der Waals surface area contributed by atoms with Crippen molar-refractivity contribution in [1.29, 1.82) is 0 Å². The molecule has 20 heavy (non-hydrogen) atoms. The van der Waals surface area contributed by atoms with E-state index in [0.29, 0.717) is 5.92 Å². The second-order valence-corrected chi connectivity index (χ2v) is 5.42. The van der Waals surface area contributed by atoms with Gasteiger partial charge in [-0.2, -0.15) is 0 Å². The molecule has 1 saturated heterocycles. The zero-order valence-electron chi connectivity index (χ0n) is 11.6. The Morgan fingerprint density at radius 1 is 1.35 bits per heavy atom. The van der Waals surface area contributed by atoms with E-state index >= 15 is 0 Å². The predicted molar refractivity (Wildman–Crippen MR) is 76.7 cm³/mol. The molecular weight excluding hydrogens is 254 g/mol. The average molecular weight is 273 g/mol. The fourth-order valence-corrected chi connectivity index (χ4v) is 2.69. The van der Waals surface area contributed by atoms with E-state index in [1.54, 1.807) is 6.08 Å². The molecule has 106 valence electrons. The van der Waals surface area contributed by atoms with Crippen molar-refractivity contribution >= 4 is 11.9 Å². The zero-order valence-corrected chi connectivity index (χ0v) is 11.6. The number of ether oxygens (including phenoxy) is 2. The lowest BCUT2D eigenvalue weighted by Crippen LogP contribution is -2.39. The number of ketones is 1. The Morgan fingerprint density at radius 2 is 2.20 bits per heavy atom. The third kappa shape index (κ3) is 2.70. The number of hydrogen-bond acceptors (Lipinski definition) is 4. The van der Waals surface area contributed by atoms with Crippen LogP contribution in [0, 0.1) is 11.8 Å². The lowest BCUT2D eigenvalue weighted by atomic mass is 9.84. The molecule has 2 unspecified atom stereocenters. The van der Waals surface area contributed by atoms with Gasteiger partial charge in [-0.3, -0.25) is 4.79 Å². The summed E-state index contributed by atoms with van der Waals surface area (Å²) < 4.78 is 10.6. The van der Waals surface area contributed by atoms with E-state index in [9.17, 15) is 4.79 Å². The summed E-state index contributed by atoms with van der Waals surface area (Å²) in [5, 5.41) is 3.29. The van der Waals surface area contributed by atoms with Gasteiger partial charge in [0.15, 0.2) is 17.3 Å². The van der Waals surface area contributed by atoms with E-state index in [-0.39, 0.29) is 18.5 Å². The first-order chi connectivity index (χ1) is 9.74. The van der Waals surface area contributed by atoms with Crippen LogP contribution in [-0.4, -0.2) is 25.7 Å². The number of carbonyl (C=O) groups is 1. The van der Waals surface area contributed by atoms with E-state index < -0.39 is 0 Å². The number of nitrogens with one attached hydrogen (secondary N) is 1. The largest absolute Gasteiger partial charge is 0.454 e. The number of piperidine rings is 1. The maximum absolute atomic E-state index is 12.2. The molecule has 0 radical (unpaired) electrons. The normalized spacial score (nSPS) is 25.1. The molecule has 0 amide bonds. The fraction of sp³-hybridized carbons (Fsp3) is 0.438. The molecule has 2 aliphatic heterocycles. The number of fused-ring (bicyclic) bond motifs is 1. The van der Waals surface area contributed by atoms with Crippen molar-refractivity contribution < 1.29 is 14.3 Å². The number of rotatable bonds is 3. The van der Waals surface area contributed by atoms with Crippen molar-refractivity contribution in [3.05, 3.63) is 29.8 Å². The second kappa shape index (κ2) is 5.67. The SMILES string of the molecule is CC1CCNCC1C(=O)C=Cc1ccc2c(c1)OCO2. The summed E-state index contributed by atoms with van der Waals surface area (Å²) in [5.41, 5.74) is 0.957. The molecule has 0 aromatic heterocycles. The van der Waals surface area contributed by atoms with Crippen molar-refractivity contribution in [3.8, 4) is 11.5 Å². The molecule has 4 nitrogen and oxygen atoms in total. The molecule has 2 atom stereocenters. The maximum atomic E-state index is 12.2. The summed E-state index contributed by atoms with van der Waals surface area (Å²) in [6.45, 7) is 4.22. The van der Waals surface area contributed by atoms with Gasteiger partial charge < -0.3 is 14.8 Å². The summed E-state index contributed by atoms with van der Waals surface area (Å²) in [4.78, 5) is 12.2. The number of allylic oxidation sites excluding steroid dienone is 1. The minimum Gasteiger partial charge on any atom is -0.454 e. The highest BCUT2D eigenvalue weighted by molar-refractivity contribution is 5.95. The first kappa shape index (κ1) is 13.2. The van der Waals surface area contributed by atoms with Crippen LogP contribution in [0.4, 0.5) is 0 Å². The van der Waals surface area contributed by atoms with Gasteiger partial charge in [0.2, 0.25) is 6.79 Å². The predicted octanol–water partition coefficient (Wildman–Crippen LogP) is 2.24. The first-order valence-corrected chi connectivity index (χ1v) is 7.06. The average Bonchev–Trinajstić information content (AvgIpc) is 2.92. The Bertz CT molecular complexity index is 539. The van der Waals surface area contributed by atoms with Gasteiger partial charge in [-0.25, -0.2) is 0 Å². The van der Waals surface area contributed by atoms with Crippen molar-refractivity contribution in [2.45, 2.75) is 13.3 Å². The molecule has 0 bridgehead atoms. The van der Waals surface area contributed by atoms with Gasteiger partial charge in [-0.05, 0) is 42.7 Å². The molecule has 1 N–H and O–H groups in total. The van der Waals surface area contributed by atoms with E-state index in [1.165, 1.54) is 0 Å². The molecule has 2 heterocycles. The maximum Gasteiger partial charge on any atom is 0.231 e. The third-order valence-corrected chi connectivity index (χ3v) is 4.03. The lowest BCUT2D eigenvalue weighted by molar-refractivity contribution is -0.119. The standard InChI is InChI=1S/C16H19NO3/c1-11-6-7-17-9-13(11)14(18)4-2-12-3-5-15-16(8-12)20-10-19-15/h2-5,8,11,13,17H,6-7,9-10H2,1H3. The van der Waals surface area contributed by atoms with Gasteiger partial charge in [0.25, 0.3) is 0 Å².